The van der Waals surface area contributed by atoms with Gasteiger partial charge in [-0.3, -0.25) is 4.79 Å². The molecule has 4 aromatic rings. The van der Waals surface area contributed by atoms with Crippen molar-refractivity contribution in [2.45, 2.75) is 32.9 Å². The van der Waals surface area contributed by atoms with E-state index in [1.165, 1.54) is 10.9 Å². The molecule has 5 rings (SSSR count). The summed E-state index contributed by atoms with van der Waals surface area (Å²) in [6.45, 7) is 6.54. The summed E-state index contributed by atoms with van der Waals surface area (Å²) in [4.78, 5) is 20.0. The van der Waals surface area contributed by atoms with Crippen LogP contribution >= 0.6 is 0 Å². The first-order valence-electron chi connectivity index (χ1n) is 11.1. The van der Waals surface area contributed by atoms with Crippen LogP contribution in [0.3, 0.4) is 0 Å². The van der Waals surface area contributed by atoms with Gasteiger partial charge in [0.2, 0.25) is 0 Å². The number of para-hydroxylation sites is 1. The van der Waals surface area contributed by atoms with Crippen molar-refractivity contribution in [1.82, 2.24) is 19.0 Å². The van der Waals surface area contributed by atoms with Crippen LogP contribution < -0.4 is 5.73 Å². The molecular weight excluding hydrogens is 386 g/mol. The Morgan fingerprint density at radius 3 is 2.71 bits per heavy atom. The predicted octanol–water partition coefficient (Wildman–Crippen LogP) is 4.02. The minimum absolute atomic E-state index is 0.0405. The number of carbonyl (C=O) groups is 1. The van der Waals surface area contributed by atoms with E-state index in [1.807, 2.05) is 30.1 Å². The number of amides is 1. The van der Waals surface area contributed by atoms with Crippen LogP contribution in [-0.2, 0) is 13.6 Å². The number of carbonyl (C=O) groups excluding carboxylic acids is 1. The first-order chi connectivity index (χ1) is 15.0. The Morgan fingerprint density at radius 1 is 1.13 bits per heavy atom. The molecule has 2 aromatic carbocycles. The summed E-state index contributed by atoms with van der Waals surface area (Å²) in [7, 11) is 2.04. The molecular formula is C25H29N5O. The summed E-state index contributed by atoms with van der Waals surface area (Å²) in [6.07, 6.45) is 0.970. The van der Waals surface area contributed by atoms with Crippen molar-refractivity contribution >= 4 is 27.8 Å². The van der Waals surface area contributed by atoms with Gasteiger partial charge in [0.25, 0.3) is 5.91 Å². The molecule has 6 heteroatoms. The Hall–Kier alpha value is -3.12. The Balaban J connectivity index is 1.56. The number of imidazole rings is 1. The van der Waals surface area contributed by atoms with Gasteiger partial charge in [-0.15, -0.1) is 0 Å². The molecule has 2 atom stereocenters. The largest absolute Gasteiger partial charge is 0.338 e. The lowest BCUT2D eigenvalue weighted by Gasteiger charge is -2.34. The van der Waals surface area contributed by atoms with E-state index in [-0.39, 0.29) is 11.9 Å². The molecule has 0 spiro atoms. The van der Waals surface area contributed by atoms with Crippen LogP contribution in [0.4, 0.5) is 0 Å². The van der Waals surface area contributed by atoms with Crippen LogP contribution in [-0.4, -0.2) is 44.1 Å². The van der Waals surface area contributed by atoms with E-state index >= 15 is 0 Å². The first-order valence-corrected chi connectivity index (χ1v) is 11.1. The highest BCUT2D eigenvalue weighted by molar-refractivity contribution is 5.98. The average molecular weight is 416 g/mol. The number of hydrogen-bond acceptors (Lipinski definition) is 3. The maximum absolute atomic E-state index is 13.1. The normalized spacial score (nSPS) is 19.4. The number of aryl methyl sites for hydroxylation is 2. The smallest absolute Gasteiger partial charge is 0.253 e. The van der Waals surface area contributed by atoms with E-state index in [0.29, 0.717) is 18.0 Å². The number of likely N-dealkylation sites (tertiary alicyclic amines) is 1. The van der Waals surface area contributed by atoms with Crippen molar-refractivity contribution in [2.75, 3.05) is 13.1 Å². The molecule has 160 valence electrons. The third kappa shape index (κ3) is 3.31. The molecule has 1 aliphatic rings. The molecule has 1 saturated heterocycles. The zero-order valence-electron chi connectivity index (χ0n) is 18.4. The van der Waals surface area contributed by atoms with Crippen molar-refractivity contribution in [3.8, 4) is 11.5 Å². The molecule has 1 fully saturated rings. The van der Waals surface area contributed by atoms with E-state index in [1.54, 1.807) is 0 Å². The van der Waals surface area contributed by atoms with Gasteiger partial charge in [0.15, 0.2) is 5.82 Å². The van der Waals surface area contributed by atoms with E-state index in [0.717, 1.165) is 42.1 Å². The maximum atomic E-state index is 13.1. The number of piperidine rings is 1. The van der Waals surface area contributed by atoms with Crippen molar-refractivity contribution in [3.63, 3.8) is 0 Å². The molecule has 0 bridgehead atoms. The molecule has 1 amide bonds. The minimum Gasteiger partial charge on any atom is -0.338 e. The Labute approximate surface area is 182 Å². The number of benzene rings is 2. The van der Waals surface area contributed by atoms with Crippen LogP contribution in [0, 0.1) is 5.92 Å². The molecule has 2 N–H and O–H groups in total. The van der Waals surface area contributed by atoms with Crippen LogP contribution in [0.15, 0.2) is 48.5 Å². The fraction of sp³-hybridized carbons (Fsp3) is 0.360. The average Bonchev–Trinajstić information content (AvgIpc) is 3.29. The van der Waals surface area contributed by atoms with Gasteiger partial charge in [0.1, 0.15) is 0 Å². The second-order valence-electron chi connectivity index (χ2n) is 8.84. The summed E-state index contributed by atoms with van der Waals surface area (Å²) < 4.78 is 4.40. The summed E-state index contributed by atoms with van der Waals surface area (Å²) in [6, 6.07) is 16.5. The Morgan fingerprint density at radius 2 is 1.94 bits per heavy atom. The highest BCUT2D eigenvalue weighted by Crippen LogP contribution is 2.30. The maximum Gasteiger partial charge on any atom is 0.253 e. The number of hydrogen-bond donors (Lipinski definition) is 1. The highest BCUT2D eigenvalue weighted by atomic mass is 16.2. The zero-order chi connectivity index (χ0) is 21.7. The van der Waals surface area contributed by atoms with Gasteiger partial charge >= 0.3 is 0 Å². The van der Waals surface area contributed by atoms with Gasteiger partial charge < -0.3 is 19.8 Å². The van der Waals surface area contributed by atoms with Gasteiger partial charge in [-0.05, 0) is 49.6 Å². The summed E-state index contributed by atoms with van der Waals surface area (Å²) in [5.41, 5.74) is 11.0. The van der Waals surface area contributed by atoms with Crippen LogP contribution in [0.25, 0.3) is 33.5 Å². The second-order valence-corrected chi connectivity index (χ2v) is 8.84. The second kappa shape index (κ2) is 7.54. The minimum atomic E-state index is 0.0405. The van der Waals surface area contributed by atoms with Crippen molar-refractivity contribution in [2.24, 2.45) is 18.7 Å². The monoisotopic (exact) mass is 415 g/mol. The molecule has 1 aliphatic heterocycles. The lowest BCUT2D eigenvalue weighted by Crippen LogP contribution is -2.48. The lowest BCUT2D eigenvalue weighted by molar-refractivity contribution is 0.0661. The zero-order valence-corrected chi connectivity index (χ0v) is 18.4. The molecule has 0 unspecified atom stereocenters. The van der Waals surface area contributed by atoms with E-state index in [2.05, 4.69) is 53.3 Å². The third-order valence-corrected chi connectivity index (χ3v) is 6.46. The number of nitrogens with zero attached hydrogens (tertiary/aromatic N) is 4. The van der Waals surface area contributed by atoms with E-state index < -0.39 is 0 Å². The van der Waals surface area contributed by atoms with E-state index in [4.69, 9.17) is 10.7 Å². The van der Waals surface area contributed by atoms with E-state index in [9.17, 15) is 4.79 Å². The molecule has 0 saturated carbocycles. The third-order valence-electron chi connectivity index (χ3n) is 6.46. The van der Waals surface area contributed by atoms with Crippen molar-refractivity contribution in [3.05, 3.63) is 54.1 Å². The highest BCUT2D eigenvalue weighted by Gasteiger charge is 2.27. The molecule has 0 aliphatic carbocycles. The lowest BCUT2D eigenvalue weighted by atomic mass is 9.96. The summed E-state index contributed by atoms with van der Waals surface area (Å²) >= 11 is 0. The van der Waals surface area contributed by atoms with Gasteiger partial charge in [0.05, 0.1) is 16.7 Å². The topological polar surface area (TPSA) is 69.1 Å². The number of fused-ring (bicyclic) bond motifs is 2. The van der Waals surface area contributed by atoms with Crippen molar-refractivity contribution in [1.29, 1.82) is 0 Å². The SMILES string of the molecule is CCn1c(-c2nc3cc(C(=O)N4C[C@@H](C)C[C@H](N)C4)ccc3n2C)cc2ccccc21. The van der Waals surface area contributed by atoms with Gasteiger partial charge in [-0.25, -0.2) is 4.98 Å². The summed E-state index contributed by atoms with van der Waals surface area (Å²) in [5.74, 6) is 1.37. The predicted molar refractivity (Wildman–Crippen MR) is 125 cm³/mol. The van der Waals surface area contributed by atoms with Crippen LogP contribution in [0.2, 0.25) is 0 Å². The van der Waals surface area contributed by atoms with Gasteiger partial charge in [-0.2, -0.15) is 0 Å². The van der Waals surface area contributed by atoms with Crippen LogP contribution in [0.1, 0.15) is 30.6 Å². The van der Waals surface area contributed by atoms with Crippen molar-refractivity contribution < 1.29 is 4.79 Å². The van der Waals surface area contributed by atoms with Gasteiger partial charge in [0, 0.05) is 49.2 Å². The Kier molecular flexibility index (Phi) is 4.82. The fourth-order valence-electron chi connectivity index (χ4n) is 5.05. The number of nitrogens with two attached hydrogens (primary N) is 1. The standard InChI is InChI=1S/C25H29N5O/c1-4-30-21-8-6-5-7-17(21)13-23(30)24-27-20-12-18(9-10-22(20)28(24)3)25(31)29-14-16(2)11-19(26)15-29/h5-10,12-13,16,19H,4,11,14-15,26H2,1-3H3/t16-,19-/m0/s1. The van der Waals surface area contributed by atoms with Crippen LogP contribution in [0.5, 0.6) is 0 Å². The van der Waals surface area contributed by atoms with Gasteiger partial charge in [-0.1, -0.05) is 25.1 Å². The number of aromatic nitrogens is 3. The molecule has 3 heterocycles. The fourth-order valence-corrected chi connectivity index (χ4v) is 5.05. The summed E-state index contributed by atoms with van der Waals surface area (Å²) in [5, 5.41) is 1.21. The molecule has 31 heavy (non-hydrogen) atoms. The number of rotatable bonds is 3. The molecule has 2 aromatic heterocycles. The molecule has 6 nitrogen and oxygen atoms in total. The molecule has 0 radical (unpaired) electrons. The quantitative estimate of drug-likeness (QED) is 0.549. The first kappa shape index (κ1) is 19.8. The Bertz CT molecular complexity index is 1270.